The van der Waals surface area contributed by atoms with Gasteiger partial charge in [-0.1, -0.05) is 41.9 Å². The van der Waals surface area contributed by atoms with Crippen LogP contribution in [-0.2, 0) is 0 Å². The minimum Gasteiger partial charge on any atom is -0.493 e. The van der Waals surface area contributed by atoms with Crippen molar-refractivity contribution in [3.8, 4) is 28.4 Å². The van der Waals surface area contributed by atoms with Crippen molar-refractivity contribution >= 4 is 29.1 Å². The highest BCUT2D eigenvalue weighted by Gasteiger charge is 2.29. The van der Waals surface area contributed by atoms with Gasteiger partial charge >= 0.3 is 0 Å². The number of rotatable bonds is 7. The number of amides is 2. The molecular weight excluding hydrogens is 560 g/mol. The highest BCUT2D eigenvalue weighted by molar-refractivity contribution is 6.32. The predicted molar refractivity (Wildman–Crippen MR) is 159 cm³/mol. The number of nitro benzene ring substituents is 1. The Hall–Kier alpha value is -4.83. The zero-order valence-corrected chi connectivity index (χ0v) is 24.1. The predicted octanol–water partition coefficient (Wildman–Crippen LogP) is 5.63. The third kappa shape index (κ3) is 5.40. The molecule has 0 spiro atoms. The fourth-order valence-corrected chi connectivity index (χ4v) is 5.38. The number of carbonyl (C=O) groups is 2. The van der Waals surface area contributed by atoms with Crippen LogP contribution in [0.4, 0.5) is 5.69 Å². The van der Waals surface area contributed by atoms with Gasteiger partial charge in [0.15, 0.2) is 11.5 Å². The Balaban J connectivity index is 1.41. The monoisotopic (exact) mass is 588 g/mol. The first-order valence-corrected chi connectivity index (χ1v) is 13.6. The van der Waals surface area contributed by atoms with Crippen molar-refractivity contribution < 1.29 is 24.0 Å². The molecule has 0 N–H and O–H groups in total. The smallest absolute Gasteiger partial charge is 0.288 e. The normalized spacial score (nSPS) is 13.1. The van der Waals surface area contributed by atoms with Crippen LogP contribution in [0.3, 0.4) is 0 Å². The summed E-state index contributed by atoms with van der Waals surface area (Å²) < 4.78 is 13.0. The molecule has 0 atom stereocenters. The lowest BCUT2D eigenvalue weighted by molar-refractivity contribution is -0.384. The zero-order chi connectivity index (χ0) is 30.0. The fraction of sp³-hybridized carbons (Fsp3) is 0.226. The summed E-state index contributed by atoms with van der Waals surface area (Å²) in [5, 5.41) is 11.2. The van der Waals surface area contributed by atoms with Crippen LogP contribution in [0.25, 0.3) is 16.9 Å². The van der Waals surface area contributed by atoms with Gasteiger partial charge in [-0.2, -0.15) is 0 Å². The van der Waals surface area contributed by atoms with Crippen LogP contribution in [0.5, 0.6) is 11.5 Å². The largest absolute Gasteiger partial charge is 0.493 e. The molecule has 1 fully saturated rings. The number of hydrogen-bond acceptors (Lipinski definition) is 6. The van der Waals surface area contributed by atoms with E-state index in [1.54, 1.807) is 24.0 Å². The molecule has 1 aliphatic heterocycles. The van der Waals surface area contributed by atoms with Crippen LogP contribution in [0, 0.1) is 17.0 Å². The molecule has 2 amide bonds. The number of carbonyl (C=O) groups excluding carboxylic acids is 2. The maximum Gasteiger partial charge on any atom is 0.288 e. The Kier molecular flexibility index (Phi) is 8.17. The third-order valence-corrected chi connectivity index (χ3v) is 7.74. The van der Waals surface area contributed by atoms with Crippen LogP contribution >= 0.6 is 11.6 Å². The molecule has 5 rings (SSSR count). The molecule has 10 nitrogen and oxygen atoms in total. The summed E-state index contributed by atoms with van der Waals surface area (Å²) in [6.07, 6.45) is 0. The number of nitro groups is 1. The molecule has 0 aliphatic carbocycles. The fourth-order valence-electron chi connectivity index (χ4n) is 5.19. The third-order valence-electron chi connectivity index (χ3n) is 7.42. The molecule has 0 bridgehead atoms. The molecule has 42 heavy (non-hydrogen) atoms. The molecule has 2 heterocycles. The summed E-state index contributed by atoms with van der Waals surface area (Å²) in [5.41, 5.74) is 3.79. The molecule has 216 valence electrons. The molecule has 0 unspecified atom stereocenters. The molecule has 0 saturated carbocycles. The van der Waals surface area contributed by atoms with Crippen molar-refractivity contribution in [1.29, 1.82) is 0 Å². The first-order chi connectivity index (χ1) is 20.2. The van der Waals surface area contributed by atoms with Crippen LogP contribution in [0.2, 0.25) is 5.02 Å². The van der Waals surface area contributed by atoms with Crippen LogP contribution in [0.1, 0.15) is 26.4 Å². The van der Waals surface area contributed by atoms with E-state index in [-0.39, 0.29) is 28.1 Å². The first-order valence-electron chi connectivity index (χ1n) is 13.3. The summed E-state index contributed by atoms with van der Waals surface area (Å²) in [7, 11) is 3.16. The Labute approximate surface area is 247 Å². The molecular formula is C31H29ClN4O6. The number of halogens is 1. The summed E-state index contributed by atoms with van der Waals surface area (Å²) in [5.74, 6) is 0.688. The maximum absolute atomic E-state index is 13.9. The van der Waals surface area contributed by atoms with E-state index in [9.17, 15) is 19.7 Å². The van der Waals surface area contributed by atoms with Gasteiger partial charge in [-0.3, -0.25) is 19.7 Å². The van der Waals surface area contributed by atoms with Gasteiger partial charge in [0, 0.05) is 55.3 Å². The lowest BCUT2D eigenvalue weighted by Gasteiger charge is -2.34. The number of nitrogens with zero attached hydrogens (tertiary/aromatic N) is 4. The van der Waals surface area contributed by atoms with Crippen molar-refractivity contribution in [2.24, 2.45) is 0 Å². The zero-order valence-electron chi connectivity index (χ0n) is 23.4. The average molecular weight is 589 g/mol. The highest BCUT2D eigenvalue weighted by atomic mass is 35.5. The van der Waals surface area contributed by atoms with Gasteiger partial charge in [0.25, 0.3) is 17.5 Å². The lowest BCUT2D eigenvalue weighted by atomic mass is 10.1. The lowest BCUT2D eigenvalue weighted by Crippen LogP contribution is -2.50. The quantitative estimate of drug-likeness (QED) is 0.205. The molecule has 0 radical (unpaired) electrons. The van der Waals surface area contributed by atoms with Gasteiger partial charge in [0.2, 0.25) is 0 Å². The Bertz CT molecular complexity index is 1660. The van der Waals surface area contributed by atoms with Crippen molar-refractivity contribution in [2.45, 2.75) is 6.92 Å². The summed E-state index contributed by atoms with van der Waals surface area (Å²) in [4.78, 5) is 40.9. The molecule has 1 aliphatic rings. The van der Waals surface area contributed by atoms with Crippen LogP contribution in [0.15, 0.2) is 72.8 Å². The van der Waals surface area contributed by atoms with E-state index in [4.69, 9.17) is 21.1 Å². The summed E-state index contributed by atoms with van der Waals surface area (Å²) in [6.45, 7) is 3.14. The van der Waals surface area contributed by atoms with E-state index in [0.29, 0.717) is 43.2 Å². The van der Waals surface area contributed by atoms with Gasteiger partial charge in [-0.25, -0.2) is 0 Å². The van der Waals surface area contributed by atoms with E-state index in [1.165, 1.54) is 18.2 Å². The van der Waals surface area contributed by atoms with Crippen molar-refractivity contribution in [1.82, 2.24) is 14.4 Å². The minimum absolute atomic E-state index is 0.0303. The molecule has 1 saturated heterocycles. The van der Waals surface area contributed by atoms with E-state index >= 15 is 0 Å². The summed E-state index contributed by atoms with van der Waals surface area (Å²) >= 11 is 5.90. The molecule has 1 aromatic heterocycles. The molecule has 3 aromatic carbocycles. The van der Waals surface area contributed by atoms with Gasteiger partial charge in [-0.15, -0.1) is 0 Å². The maximum atomic E-state index is 13.9. The number of aromatic nitrogens is 1. The number of methoxy groups -OCH3 is 2. The minimum atomic E-state index is -0.615. The number of ether oxygens (including phenoxy) is 2. The van der Waals surface area contributed by atoms with E-state index < -0.39 is 4.92 Å². The standard InChI is InChI=1S/C31H29ClN4O6/c1-20-24(19-26(21-7-5-4-6-8-21)35(20)23-10-12-28(41-2)29(18-23)42-3)31(38)34-15-13-33(14-16-34)30(37)22-9-11-25(32)27(17-22)36(39)40/h4-12,17-19H,13-16H2,1-3H3. The average Bonchev–Trinajstić information content (AvgIpc) is 3.37. The van der Waals surface area contributed by atoms with Crippen LogP contribution < -0.4 is 9.47 Å². The molecule has 11 heteroatoms. The Morgan fingerprint density at radius 3 is 2.10 bits per heavy atom. The number of piperazine rings is 1. The molecule has 4 aromatic rings. The second-order valence-corrected chi connectivity index (χ2v) is 10.2. The van der Waals surface area contributed by atoms with E-state index in [0.717, 1.165) is 22.6 Å². The highest BCUT2D eigenvalue weighted by Crippen LogP contribution is 2.35. The van der Waals surface area contributed by atoms with E-state index in [2.05, 4.69) is 0 Å². The second kappa shape index (κ2) is 12.0. The van der Waals surface area contributed by atoms with Crippen molar-refractivity contribution in [2.75, 3.05) is 40.4 Å². The summed E-state index contributed by atoms with van der Waals surface area (Å²) in [6, 6.07) is 21.3. The van der Waals surface area contributed by atoms with E-state index in [1.807, 2.05) is 66.1 Å². The Morgan fingerprint density at radius 1 is 0.833 bits per heavy atom. The van der Waals surface area contributed by atoms with Gasteiger partial charge in [0.1, 0.15) is 5.02 Å². The van der Waals surface area contributed by atoms with Gasteiger partial charge < -0.3 is 23.8 Å². The Morgan fingerprint density at radius 2 is 1.48 bits per heavy atom. The number of benzene rings is 3. The van der Waals surface area contributed by atoms with Crippen molar-refractivity contribution in [3.05, 3.63) is 105 Å². The van der Waals surface area contributed by atoms with Crippen molar-refractivity contribution in [3.63, 3.8) is 0 Å². The topological polar surface area (TPSA) is 107 Å². The van der Waals surface area contributed by atoms with Gasteiger partial charge in [0.05, 0.1) is 30.4 Å². The second-order valence-electron chi connectivity index (χ2n) is 9.78. The van der Waals surface area contributed by atoms with Crippen LogP contribution in [-0.4, -0.2) is 71.5 Å². The number of hydrogen-bond donors (Lipinski definition) is 0. The SMILES string of the molecule is COc1ccc(-n2c(-c3ccccc3)cc(C(=O)N3CCN(C(=O)c4ccc(Cl)c([N+](=O)[O-])c4)CC3)c2C)cc1OC. The first kappa shape index (κ1) is 28.7. The van der Waals surface area contributed by atoms with Gasteiger partial charge in [-0.05, 0) is 42.8 Å².